The highest BCUT2D eigenvalue weighted by Crippen LogP contribution is 2.50. The van der Waals surface area contributed by atoms with Gasteiger partial charge in [-0.05, 0) is 61.1 Å². The van der Waals surface area contributed by atoms with Gasteiger partial charge in [0.15, 0.2) is 0 Å². The SMILES string of the molecule is NC1CCCCC1C1CCC1c1ccc(OC(F)(F)F)cc1. The second kappa shape index (κ2) is 6.11. The molecule has 0 heterocycles. The summed E-state index contributed by atoms with van der Waals surface area (Å²) in [4.78, 5) is 0. The fourth-order valence-electron chi connectivity index (χ4n) is 4.09. The van der Waals surface area contributed by atoms with Gasteiger partial charge in [-0.15, -0.1) is 13.2 Å². The van der Waals surface area contributed by atoms with Crippen LogP contribution in [0.25, 0.3) is 0 Å². The minimum atomic E-state index is -4.63. The molecule has 0 aromatic heterocycles. The normalized spacial score (nSPS) is 32.4. The van der Waals surface area contributed by atoms with Crippen LogP contribution in [0.1, 0.15) is 50.0 Å². The summed E-state index contributed by atoms with van der Waals surface area (Å²) < 4.78 is 40.5. The molecular weight excluding hydrogens is 291 g/mol. The van der Waals surface area contributed by atoms with E-state index in [1.807, 2.05) is 0 Å². The van der Waals surface area contributed by atoms with E-state index in [-0.39, 0.29) is 11.8 Å². The van der Waals surface area contributed by atoms with Crippen molar-refractivity contribution in [3.05, 3.63) is 29.8 Å². The van der Waals surface area contributed by atoms with Crippen LogP contribution in [0.3, 0.4) is 0 Å². The smallest absolute Gasteiger partial charge is 0.406 e. The van der Waals surface area contributed by atoms with Gasteiger partial charge in [-0.1, -0.05) is 25.0 Å². The summed E-state index contributed by atoms with van der Waals surface area (Å²) in [5.41, 5.74) is 7.39. The average Bonchev–Trinajstić information content (AvgIpc) is 2.41. The highest BCUT2D eigenvalue weighted by molar-refractivity contribution is 5.31. The number of ether oxygens (including phenoxy) is 1. The van der Waals surface area contributed by atoms with Crippen molar-refractivity contribution in [2.24, 2.45) is 17.6 Å². The molecule has 2 fully saturated rings. The Kier molecular flexibility index (Phi) is 4.35. The molecule has 1 aromatic carbocycles. The lowest BCUT2D eigenvalue weighted by Crippen LogP contribution is -2.43. The predicted octanol–water partition coefficient (Wildman–Crippen LogP) is 4.60. The largest absolute Gasteiger partial charge is 0.573 e. The molecular formula is C17H22F3NO. The Morgan fingerprint density at radius 3 is 2.14 bits per heavy atom. The Morgan fingerprint density at radius 1 is 0.909 bits per heavy atom. The molecule has 2 aliphatic rings. The van der Waals surface area contributed by atoms with Gasteiger partial charge in [0.05, 0.1) is 0 Å². The summed E-state index contributed by atoms with van der Waals surface area (Å²) in [6.45, 7) is 0. The standard InChI is InChI=1S/C17H22F3NO/c18-17(19,20)22-12-7-5-11(6-8-12)13-9-10-14(13)15-3-1-2-4-16(15)21/h5-8,13-16H,1-4,9-10,21H2. The van der Waals surface area contributed by atoms with Crippen molar-refractivity contribution >= 4 is 0 Å². The summed E-state index contributed by atoms with van der Waals surface area (Å²) in [5, 5.41) is 0. The van der Waals surface area contributed by atoms with Gasteiger partial charge in [0.25, 0.3) is 0 Å². The van der Waals surface area contributed by atoms with Crippen molar-refractivity contribution in [1.82, 2.24) is 0 Å². The van der Waals surface area contributed by atoms with Crippen LogP contribution in [0.5, 0.6) is 5.75 Å². The number of rotatable bonds is 3. The third kappa shape index (κ3) is 3.40. The first kappa shape index (κ1) is 15.7. The minimum absolute atomic E-state index is 0.151. The molecule has 1 aromatic rings. The highest BCUT2D eigenvalue weighted by atomic mass is 19.4. The van der Waals surface area contributed by atoms with Crippen molar-refractivity contribution in [1.29, 1.82) is 0 Å². The lowest BCUT2D eigenvalue weighted by Gasteiger charge is -2.46. The Morgan fingerprint density at radius 2 is 1.59 bits per heavy atom. The van der Waals surface area contributed by atoms with Crippen molar-refractivity contribution in [3.8, 4) is 5.75 Å². The van der Waals surface area contributed by atoms with Crippen LogP contribution in [0.4, 0.5) is 13.2 Å². The zero-order valence-corrected chi connectivity index (χ0v) is 12.5. The van der Waals surface area contributed by atoms with E-state index in [0.29, 0.717) is 17.8 Å². The van der Waals surface area contributed by atoms with E-state index in [0.717, 1.165) is 18.4 Å². The molecule has 0 aliphatic heterocycles. The van der Waals surface area contributed by atoms with Crippen LogP contribution in [0.2, 0.25) is 0 Å². The van der Waals surface area contributed by atoms with Gasteiger partial charge in [0.2, 0.25) is 0 Å². The molecule has 0 radical (unpaired) electrons. The van der Waals surface area contributed by atoms with Crippen LogP contribution in [0, 0.1) is 11.8 Å². The topological polar surface area (TPSA) is 35.2 Å². The third-order valence-electron chi connectivity index (χ3n) is 5.29. The van der Waals surface area contributed by atoms with Gasteiger partial charge in [0.1, 0.15) is 5.75 Å². The second-order valence-electron chi connectivity index (χ2n) is 6.58. The van der Waals surface area contributed by atoms with E-state index in [4.69, 9.17) is 5.73 Å². The molecule has 2 saturated carbocycles. The molecule has 5 heteroatoms. The molecule has 0 saturated heterocycles. The lowest BCUT2D eigenvalue weighted by atomic mass is 9.60. The number of alkyl halides is 3. The number of benzene rings is 1. The molecule has 22 heavy (non-hydrogen) atoms. The van der Waals surface area contributed by atoms with Crippen LogP contribution in [-0.4, -0.2) is 12.4 Å². The van der Waals surface area contributed by atoms with Gasteiger partial charge in [0, 0.05) is 6.04 Å². The molecule has 3 rings (SSSR count). The van der Waals surface area contributed by atoms with Crippen LogP contribution >= 0.6 is 0 Å². The Balaban J connectivity index is 1.66. The van der Waals surface area contributed by atoms with Crippen LogP contribution in [-0.2, 0) is 0 Å². The van der Waals surface area contributed by atoms with Gasteiger partial charge in [-0.25, -0.2) is 0 Å². The summed E-state index contributed by atoms with van der Waals surface area (Å²) in [7, 11) is 0. The summed E-state index contributed by atoms with van der Waals surface area (Å²) in [5.74, 6) is 1.44. The molecule has 2 N–H and O–H groups in total. The number of nitrogens with two attached hydrogens (primary N) is 1. The van der Waals surface area contributed by atoms with Crippen LogP contribution < -0.4 is 10.5 Å². The number of halogens is 3. The first-order valence-corrected chi connectivity index (χ1v) is 8.05. The number of hydrogen-bond donors (Lipinski definition) is 1. The molecule has 2 aliphatic carbocycles. The van der Waals surface area contributed by atoms with E-state index in [9.17, 15) is 13.2 Å². The van der Waals surface area contributed by atoms with Gasteiger partial charge in [-0.2, -0.15) is 0 Å². The molecule has 0 amide bonds. The molecule has 122 valence electrons. The summed E-state index contributed by atoms with van der Waals surface area (Å²) >= 11 is 0. The Hall–Kier alpha value is -1.23. The third-order valence-corrected chi connectivity index (χ3v) is 5.29. The van der Waals surface area contributed by atoms with Crippen molar-refractivity contribution in [2.45, 2.75) is 56.8 Å². The highest BCUT2D eigenvalue weighted by Gasteiger charge is 2.40. The fourth-order valence-corrected chi connectivity index (χ4v) is 4.09. The molecule has 0 bridgehead atoms. The maximum Gasteiger partial charge on any atom is 0.573 e. The van der Waals surface area contributed by atoms with E-state index in [1.54, 1.807) is 12.1 Å². The average molecular weight is 313 g/mol. The summed E-state index contributed by atoms with van der Waals surface area (Å²) in [6, 6.07) is 6.66. The van der Waals surface area contributed by atoms with Gasteiger partial charge in [-0.3, -0.25) is 0 Å². The van der Waals surface area contributed by atoms with Gasteiger partial charge >= 0.3 is 6.36 Å². The molecule has 0 spiro atoms. The molecule has 4 unspecified atom stereocenters. The lowest BCUT2D eigenvalue weighted by molar-refractivity contribution is -0.274. The van der Waals surface area contributed by atoms with E-state index in [2.05, 4.69) is 4.74 Å². The van der Waals surface area contributed by atoms with Crippen molar-refractivity contribution in [2.75, 3.05) is 0 Å². The van der Waals surface area contributed by atoms with E-state index in [1.165, 1.54) is 37.8 Å². The van der Waals surface area contributed by atoms with Crippen molar-refractivity contribution in [3.63, 3.8) is 0 Å². The zero-order chi connectivity index (χ0) is 15.7. The number of hydrogen-bond acceptors (Lipinski definition) is 2. The fraction of sp³-hybridized carbons (Fsp3) is 0.647. The maximum absolute atomic E-state index is 12.2. The zero-order valence-electron chi connectivity index (χ0n) is 12.5. The predicted molar refractivity (Wildman–Crippen MR) is 78.5 cm³/mol. The first-order chi connectivity index (χ1) is 10.4. The minimum Gasteiger partial charge on any atom is -0.406 e. The van der Waals surface area contributed by atoms with E-state index < -0.39 is 6.36 Å². The molecule has 4 atom stereocenters. The second-order valence-corrected chi connectivity index (χ2v) is 6.58. The molecule has 2 nitrogen and oxygen atoms in total. The Bertz CT molecular complexity index is 500. The quantitative estimate of drug-likeness (QED) is 0.885. The summed E-state index contributed by atoms with van der Waals surface area (Å²) in [6.07, 6.45) is 2.43. The van der Waals surface area contributed by atoms with Crippen LogP contribution in [0.15, 0.2) is 24.3 Å². The van der Waals surface area contributed by atoms with Crippen molar-refractivity contribution < 1.29 is 17.9 Å². The maximum atomic E-state index is 12.2. The van der Waals surface area contributed by atoms with E-state index >= 15 is 0 Å². The first-order valence-electron chi connectivity index (χ1n) is 8.05. The Labute approximate surface area is 128 Å². The monoisotopic (exact) mass is 313 g/mol. The van der Waals surface area contributed by atoms with Gasteiger partial charge < -0.3 is 10.5 Å².